The molecule has 19 heavy (non-hydrogen) atoms. The molecular formula is C15H24N2O2. The molecule has 0 unspecified atom stereocenters. The molecule has 0 bridgehead atoms. The first-order valence-corrected chi connectivity index (χ1v) is 6.74. The van der Waals surface area contributed by atoms with Crippen LogP contribution < -0.4 is 10.6 Å². The largest absolute Gasteiger partial charge is 0.394 e. The summed E-state index contributed by atoms with van der Waals surface area (Å²) in [4.78, 5) is 11.7. The summed E-state index contributed by atoms with van der Waals surface area (Å²) in [5, 5.41) is 14.8. The molecule has 2 atom stereocenters. The first kappa shape index (κ1) is 15.5. The second-order valence-electron chi connectivity index (χ2n) is 5.20. The smallest absolute Gasteiger partial charge is 0.315 e. The van der Waals surface area contributed by atoms with E-state index in [0.29, 0.717) is 6.54 Å². The molecule has 2 amide bonds. The monoisotopic (exact) mass is 264 g/mol. The van der Waals surface area contributed by atoms with E-state index in [2.05, 4.69) is 29.7 Å². The molecule has 3 N–H and O–H groups in total. The fraction of sp³-hybridized carbons (Fsp3) is 0.533. The van der Waals surface area contributed by atoms with E-state index in [-0.39, 0.29) is 30.5 Å². The van der Waals surface area contributed by atoms with Crippen LogP contribution in [0.15, 0.2) is 30.3 Å². The number of hydrogen-bond donors (Lipinski definition) is 3. The Morgan fingerprint density at radius 3 is 2.37 bits per heavy atom. The quantitative estimate of drug-likeness (QED) is 0.737. The zero-order valence-electron chi connectivity index (χ0n) is 11.9. The molecule has 1 rings (SSSR count). The fourth-order valence-corrected chi connectivity index (χ4v) is 1.79. The van der Waals surface area contributed by atoms with Gasteiger partial charge >= 0.3 is 6.03 Å². The summed E-state index contributed by atoms with van der Waals surface area (Å²) in [6, 6.07) is 9.63. The lowest BCUT2D eigenvalue weighted by molar-refractivity contribution is 0.198. The van der Waals surface area contributed by atoms with Crippen LogP contribution in [0.5, 0.6) is 0 Å². The molecule has 0 spiro atoms. The first-order chi connectivity index (χ1) is 9.04. The maximum atomic E-state index is 11.7. The topological polar surface area (TPSA) is 61.4 Å². The van der Waals surface area contributed by atoms with Gasteiger partial charge < -0.3 is 15.7 Å². The highest BCUT2D eigenvalue weighted by Gasteiger charge is 2.15. The van der Waals surface area contributed by atoms with Crippen molar-refractivity contribution in [2.24, 2.45) is 5.92 Å². The number of carbonyl (C=O) groups is 1. The van der Waals surface area contributed by atoms with Gasteiger partial charge in [-0.05, 0) is 17.4 Å². The standard InChI is InChI=1S/C15H24N2O2/c1-11(2)14(10-18)17-15(19)16-9-12(3)13-7-5-4-6-8-13/h4-8,11-12,14,18H,9-10H2,1-3H3,(H2,16,17,19)/t12-,14+/m0/s1. The van der Waals surface area contributed by atoms with Gasteiger partial charge in [0.15, 0.2) is 0 Å². The van der Waals surface area contributed by atoms with Crippen LogP contribution in [0.1, 0.15) is 32.3 Å². The van der Waals surface area contributed by atoms with Gasteiger partial charge in [0.1, 0.15) is 0 Å². The van der Waals surface area contributed by atoms with E-state index >= 15 is 0 Å². The number of aliphatic hydroxyl groups is 1. The molecule has 4 nitrogen and oxygen atoms in total. The highest BCUT2D eigenvalue weighted by Crippen LogP contribution is 2.12. The number of benzene rings is 1. The fourth-order valence-electron chi connectivity index (χ4n) is 1.79. The molecule has 1 aromatic carbocycles. The van der Waals surface area contributed by atoms with Gasteiger partial charge in [0, 0.05) is 6.54 Å². The van der Waals surface area contributed by atoms with Gasteiger partial charge in [0.25, 0.3) is 0 Å². The van der Waals surface area contributed by atoms with Crippen molar-refractivity contribution in [3.05, 3.63) is 35.9 Å². The molecule has 0 aliphatic heterocycles. The number of aliphatic hydroxyl groups excluding tert-OH is 1. The minimum atomic E-state index is -0.226. The molecule has 0 saturated heterocycles. The third-order valence-electron chi connectivity index (χ3n) is 3.26. The summed E-state index contributed by atoms with van der Waals surface area (Å²) in [6.45, 7) is 6.54. The molecule has 0 aromatic heterocycles. The highest BCUT2D eigenvalue weighted by molar-refractivity contribution is 5.74. The van der Waals surface area contributed by atoms with E-state index in [0.717, 1.165) is 0 Å². The van der Waals surface area contributed by atoms with Crippen molar-refractivity contribution in [2.45, 2.75) is 32.7 Å². The SMILES string of the molecule is CC(C)[C@@H](CO)NC(=O)NC[C@H](C)c1ccccc1. The lowest BCUT2D eigenvalue weighted by Crippen LogP contribution is -2.47. The molecule has 0 aliphatic rings. The van der Waals surface area contributed by atoms with Crippen molar-refractivity contribution in [3.63, 3.8) is 0 Å². The maximum Gasteiger partial charge on any atom is 0.315 e. The van der Waals surface area contributed by atoms with E-state index in [4.69, 9.17) is 5.11 Å². The first-order valence-electron chi connectivity index (χ1n) is 6.74. The zero-order chi connectivity index (χ0) is 14.3. The van der Waals surface area contributed by atoms with E-state index < -0.39 is 0 Å². The second-order valence-corrected chi connectivity index (χ2v) is 5.20. The van der Waals surface area contributed by atoms with Crippen molar-refractivity contribution in [3.8, 4) is 0 Å². The summed E-state index contributed by atoms with van der Waals surface area (Å²) >= 11 is 0. The number of carbonyl (C=O) groups excluding carboxylic acids is 1. The van der Waals surface area contributed by atoms with Crippen molar-refractivity contribution in [1.29, 1.82) is 0 Å². The van der Waals surface area contributed by atoms with Crippen LogP contribution in [-0.4, -0.2) is 30.3 Å². The predicted octanol–water partition coefficient (Wildman–Crippen LogP) is 2.11. The van der Waals surface area contributed by atoms with Crippen LogP contribution in [0.3, 0.4) is 0 Å². The van der Waals surface area contributed by atoms with E-state index in [1.807, 2.05) is 32.0 Å². The van der Waals surface area contributed by atoms with Gasteiger partial charge in [0.05, 0.1) is 12.6 Å². The minimum Gasteiger partial charge on any atom is -0.394 e. The number of rotatable bonds is 6. The Morgan fingerprint density at radius 1 is 1.21 bits per heavy atom. The average Bonchev–Trinajstić information content (AvgIpc) is 2.42. The Labute approximate surface area is 115 Å². The molecule has 0 heterocycles. The van der Waals surface area contributed by atoms with Gasteiger partial charge in [-0.15, -0.1) is 0 Å². The molecule has 0 radical (unpaired) electrons. The van der Waals surface area contributed by atoms with Crippen LogP contribution >= 0.6 is 0 Å². The molecule has 1 aromatic rings. The van der Waals surface area contributed by atoms with Crippen molar-refractivity contribution in [2.75, 3.05) is 13.2 Å². The van der Waals surface area contributed by atoms with Crippen molar-refractivity contribution in [1.82, 2.24) is 10.6 Å². The summed E-state index contributed by atoms with van der Waals surface area (Å²) in [5.41, 5.74) is 1.20. The zero-order valence-corrected chi connectivity index (χ0v) is 11.9. The molecule has 0 saturated carbocycles. The lowest BCUT2D eigenvalue weighted by atomic mass is 10.0. The van der Waals surface area contributed by atoms with Gasteiger partial charge in [-0.1, -0.05) is 51.1 Å². The Bertz CT molecular complexity index is 379. The summed E-state index contributed by atoms with van der Waals surface area (Å²) in [6.07, 6.45) is 0. The van der Waals surface area contributed by atoms with Crippen LogP contribution in [0.2, 0.25) is 0 Å². The van der Waals surface area contributed by atoms with E-state index in [1.54, 1.807) is 0 Å². The number of nitrogens with one attached hydrogen (secondary N) is 2. The van der Waals surface area contributed by atoms with Gasteiger partial charge in [0.2, 0.25) is 0 Å². The third-order valence-corrected chi connectivity index (χ3v) is 3.26. The number of urea groups is 1. The Kier molecular flexibility index (Phi) is 6.36. The number of hydrogen-bond acceptors (Lipinski definition) is 2. The van der Waals surface area contributed by atoms with Crippen molar-refractivity contribution < 1.29 is 9.90 Å². The molecule has 106 valence electrons. The Hall–Kier alpha value is -1.55. The van der Waals surface area contributed by atoms with Gasteiger partial charge in [-0.3, -0.25) is 0 Å². The molecule has 4 heteroatoms. The Morgan fingerprint density at radius 2 is 1.84 bits per heavy atom. The van der Waals surface area contributed by atoms with Crippen molar-refractivity contribution >= 4 is 6.03 Å². The normalized spacial score (nSPS) is 13.9. The van der Waals surface area contributed by atoms with Crippen LogP contribution in [0.4, 0.5) is 4.79 Å². The predicted molar refractivity (Wildman–Crippen MR) is 77.1 cm³/mol. The minimum absolute atomic E-state index is 0.0423. The summed E-state index contributed by atoms with van der Waals surface area (Å²) < 4.78 is 0. The Balaban J connectivity index is 2.38. The maximum absolute atomic E-state index is 11.7. The lowest BCUT2D eigenvalue weighted by Gasteiger charge is -2.21. The van der Waals surface area contributed by atoms with Crippen LogP contribution in [-0.2, 0) is 0 Å². The highest BCUT2D eigenvalue weighted by atomic mass is 16.3. The van der Waals surface area contributed by atoms with Gasteiger partial charge in [-0.25, -0.2) is 4.79 Å². The summed E-state index contributed by atoms with van der Waals surface area (Å²) in [7, 11) is 0. The molecule has 0 fully saturated rings. The third kappa shape index (κ3) is 5.30. The second kappa shape index (κ2) is 7.79. The van der Waals surface area contributed by atoms with E-state index in [1.165, 1.54) is 5.56 Å². The molecule has 0 aliphatic carbocycles. The van der Waals surface area contributed by atoms with Crippen LogP contribution in [0.25, 0.3) is 0 Å². The van der Waals surface area contributed by atoms with Gasteiger partial charge in [-0.2, -0.15) is 0 Å². The number of amides is 2. The van der Waals surface area contributed by atoms with Crippen LogP contribution in [0, 0.1) is 5.92 Å². The van der Waals surface area contributed by atoms with E-state index in [9.17, 15) is 4.79 Å². The average molecular weight is 264 g/mol. The molecular weight excluding hydrogens is 240 g/mol. The summed E-state index contributed by atoms with van der Waals surface area (Å²) in [5.74, 6) is 0.473.